The molecule has 0 radical (unpaired) electrons. The van der Waals surface area contributed by atoms with Crippen LogP contribution in [0.15, 0.2) is 84.3 Å². The van der Waals surface area contributed by atoms with Gasteiger partial charge in [-0.25, -0.2) is 14.6 Å². The van der Waals surface area contributed by atoms with E-state index in [0.29, 0.717) is 28.8 Å². The molecular weight excluding hydrogens is 396 g/mol. The van der Waals surface area contributed by atoms with E-state index in [0.717, 1.165) is 12.1 Å². The van der Waals surface area contributed by atoms with Gasteiger partial charge in [-0.05, 0) is 30.2 Å². The third-order valence-corrected chi connectivity index (χ3v) is 5.29. The average molecular weight is 417 g/mol. The van der Waals surface area contributed by atoms with Crippen molar-refractivity contribution in [1.29, 1.82) is 0 Å². The maximum Gasteiger partial charge on any atom is 0.273 e. The van der Waals surface area contributed by atoms with Crippen LogP contribution in [0.5, 0.6) is 0 Å². The molecule has 2 aromatic heterocycles. The van der Waals surface area contributed by atoms with Gasteiger partial charge in [0.25, 0.3) is 5.91 Å². The van der Waals surface area contributed by atoms with Crippen molar-refractivity contribution in [3.05, 3.63) is 96.1 Å². The lowest BCUT2D eigenvalue weighted by Gasteiger charge is -2.08. The fourth-order valence-corrected chi connectivity index (χ4v) is 3.72. The van der Waals surface area contributed by atoms with E-state index < -0.39 is 0 Å². The zero-order chi connectivity index (χ0) is 20.6. The largest absolute Gasteiger partial charge is 0.350 e. The maximum absolute atomic E-state index is 12.8. The molecule has 150 valence electrons. The molecule has 8 heteroatoms. The Labute approximate surface area is 178 Å². The number of thioether (sulfide) groups is 1. The van der Waals surface area contributed by atoms with E-state index in [1.54, 1.807) is 23.1 Å². The van der Waals surface area contributed by atoms with E-state index in [2.05, 4.69) is 25.6 Å². The van der Waals surface area contributed by atoms with Crippen molar-refractivity contribution in [2.75, 3.05) is 6.54 Å². The Morgan fingerprint density at radius 1 is 0.933 bits per heavy atom. The standard InChI is InChI=1S/C22H20N6OS/c29-21(23-15-12-17-8-3-1-4-9-17)20-19(16-30-22-24-13-7-14-25-22)28(27-26-20)18-10-5-2-6-11-18/h1-11,13-14H,12,15-16H2,(H,23,29). The highest BCUT2D eigenvalue weighted by Crippen LogP contribution is 2.22. The Morgan fingerprint density at radius 3 is 2.37 bits per heavy atom. The second-order valence-electron chi connectivity index (χ2n) is 6.44. The Morgan fingerprint density at radius 2 is 1.63 bits per heavy atom. The molecule has 0 spiro atoms. The molecule has 0 saturated heterocycles. The van der Waals surface area contributed by atoms with Gasteiger partial charge in [-0.15, -0.1) is 5.10 Å². The number of aromatic nitrogens is 5. The minimum atomic E-state index is -0.238. The third kappa shape index (κ3) is 4.90. The summed E-state index contributed by atoms with van der Waals surface area (Å²) in [6.07, 6.45) is 4.14. The highest BCUT2D eigenvalue weighted by molar-refractivity contribution is 7.98. The number of amides is 1. The van der Waals surface area contributed by atoms with Gasteiger partial charge in [-0.2, -0.15) is 0 Å². The van der Waals surface area contributed by atoms with Gasteiger partial charge >= 0.3 is 0 Å². The second kappa shape index (κ2) is 9.80. The fourth-order valence-electron chi connectivity index (χ4n) is 2.93. The van der Waals surface area contributed by atoms with Gasteiger partial charge in [0.05, 0.1) is 11.4 Å². The van der Waals surface area contributed by atoms with Crippen molar-refractivity contribution in [2.45, 2.75) is 17.3 Å². The van der Waals surface area contributed by atoms with Gasteiger partial charge in [0.1, 0.15) is 0 Å². The van der Waals surface area contributed by atoms with Crippen LogP contribution in [0.4, 0.5) is 0 Å². The lowest BCUT2D eigenvalue weighted by molar-refractivity contribution is 0.0948. The van der Waals surface area contributed by atoms with E-state index in [4.69, 9.17) is 0 Å². The Hall–Kier alpha value is -3.52. The summed E-state index contributed by atoms with van der Waals surface area (Å²) in [5.41, 5.74) is 3.03. The van der Waals surface area contributed by atoms with Crippen LogP contribution in [-0.2, 0) is 12.2 Å². The fraction of sp³-hybridized carbons (Fsp3) is 0.136. The van der Waals surface area contributed by atoms with Crippen LogP contribution in [0.2, 0.25) is 0 Å². The molecule has 0 aliphatic carbocycles. The molecule has 0 bridgehead atoms. The molecule has 2 aromatic carbocycles. The van der Waals surface area contributed by atoms with E-state index in [1.165, 1.54) is 17.3 Å². The smallest absolute Gasteiger partial charge is 0.273 e. The molecule has 0 saturated carbocycles. The molecule has 30 heavy (non-hydrogen) atoms. The quantitative estimate of drug-likeness (QED) is 0.350. The molecule has 1 amide bonds. The molecule has 0 aliphatic heterocycles. The number of nitrogens with zero attached hydrogens (tertiary/aromatic N) is 5. The normalized spacial score (nSPS) is 10.7. The molecule has 4 aromatic rings. The van der Waals surface area contributed by atoms with Crippen molar-refractivity contribution in [2.24, 2.45) is 0 Å². The molecule has 1 N–H and O–H groups in total. The van der Waals surface area contributed by atoms with Crippen molar-refractivity contribution >= 4 is 17.7 Å². The van der Waals surface area contributed by atoms with Crippen LogP contribution >= 0.6 is 11.8 Å². The number of carbonyl (C=O) groups is 1. The van der Waals surface area contributed by atoms with E-state index >= 15 is 0 Å². The minimum Gasteiger partial charge on any atom is -0.350 e. The first-order chi connectivity index (χ1) is 14.8. The summed E-state index contributed by atoms with van der Waals surface area (Å²) in [5, 5.41) is 12.0. The minimum absolute atomic E-state index is 0.238. The van der Waals surface area contributed by atoms with Crippen LogP contribution in [-0.4, -0.2) is 37.4 Å². The Bertz CT molecular complexity index is 1090. The van der Waals surface area contributed by atoms with Gasteiger partial charge in [0.2, 0.25) is 0 Å². The first-order valence-electron chi connectivity index (χ1n) is 9.53. The highest BCUT2D eigenvalue weighted by atomic mass is 32.2. The predicted octanol–water partition coefficient (Wildman–Crippen LogP) is 3.32. The first-order valence-corrected chi connectivity index (χ1v) is 10.5. The van der Waals surface area contributed by atoms with Gasteiger partial charge < -0.3 is 5.32 Å². The van der Waals surface area contributed by atoms with Gasteiger partial charge in [-0.1, -0.05) is 65.5 Å². The van der Waals surface area contributed by atoms with Crippen LogP contribution < -0.4 is 5.32 Å². The van der Waals surface area contributed by atoms with Crippen LogP contribution in [0.1, 0.15) is 21.7 Å². The number of hydrogen-bond acceptors (Lipinski definition) is 6. The van der Waals surface area contributed by atoms with Crippen molar-refractivity contribution in [1.82, 2.24) is 30.3 Å². The number of rotatable bonds is 8. The summed E-state index contributed by atoms with van der Waals surface area (Å²) in [7, 11) is 0. The molecule has 0 unspecified atom stereocenters. The SMILES string of the molecule is O=C(NCCc1ccccc1)c1nnn(-c2ccccc2)c1CSc1ncccn1. The lowest BCUT2D eigenvalue weighted by Crippen LogP contribution is -2.27. The van der Waals surface area contributed by atoms with Gasteiger partial charge in [-0.3, -0.25) is 4.79 Å². The molecular formula is C22H20N6OS. The number of benzene rings is 2. The molecule has 2 heterocycles. The van der Waals surface area contributed by atoms with Crippen LogP contribution in [0.3, 0.4) is 0 Å². The summed E-state index contributed by atoms with van der Waals surface area (Å²) in [4.78, 5) is 21.3. The zero-order valence-electron chi connectivity index (χ0n) is 16.2. The van der Waals surface area contributed by atoms with Crippen LogP contribution in [0, 0.1) is 0 Å². The number of hydrogen-bond donors (Lipinski definition) is 1. The highest BCUT2D eigenvalue weighted by Gasteiger charge is 2.21. The number of nitrogens with one attached hydrogen (secondary N) is 1. The Balaban J connectivity index is 1.52. The third-order valence-electron chi connectivity index (χ3n) is 4.40. The Kier molecular flexibility index (Phi) is 6.46. The maximum atomic E-state index is 12.8. The summed E-state index contributed by atoms with van der Waals surface area (Å²) < 4.78 is 1.70. The molecule has 4 rings (SSSR count). The van der Waals surface area contributed by atoms with E-state index in [-0.39, 0.29) is 5.91 Å². The van der Waals surface area contributed by atoms with Crippen LogP contribution in [0.25, 0.3) is 5.69 Å². The second-order valence-corrected chi connectivity index (χ2v) is 7.39. The molecule has 7 nitrogen and oxygen atoms in total. The van der Waals surface area contributed by atoms with E-state index in [1.807, 2.05) is 60.7 Å². The number of para-hydroxylation sites is 1. The van der Waals surface area contributed by atoms with E-state index in [9.17, 15) is 4.79 Å². The summed E-state index contributed by atoms with van der Waals surface area (Å²) in [6.45, 7) is 0.523. The van der Waals surface area contributed by atoms with Gasteiger partial charge in [0.15, 0.2) is 10.9 Å². The van der Waals surface area contributed by atoms with Crippen molar-refractivity contribution in [3.8, 4) is 5.69 Å². The van der Waals surface area contributed by atoms with Crippen molar-refractivity contribution < 1.29 is 4.79 Å². The summed E-state index contributed by atoms with van der Waals surface area (Å²) >= 11 is 1.44. The molecule has 0 fully saturated rings. The van der Waals surface area contributed by atoms with Gasteiger partial charge in [0, 0.05) is 24.7 Å². The predicted molar refractivity (Wildman–Crippen MR) is 115 cm³/mol. The summed E-state index contributed by atoms with van der Waals surface area (Å²) in [6, 6.07) is 21.5. The lowest BCUT2D eigenvalue weighted by atomic mass is 10.1. The zero-order valence-corrected chi connectivity index (χ0v) is 17.0. The molecule has 0 atom stereocenters. The molecule has 0 aliphatic rings. The number of carbonyl (C=O) groups excluding carboxylic acids is 1. The first kappa shape index (κ1) is 19.8. The topological polar surface area (TPSA) is 85.6 Å². The summed E-state index contributed by atoms with van der Waals surface area (Å²) in [5.74, 6) is 0.227. The monoisotopic (exact) mass is 416 g/mol. The average Bonchev–Trinajstić information content (AvgIpc) is 3.24. The van der Waals surface area contributed by atoms with Crippen molar-refractivity contribution in [3.63, 3.8) is 0 Å².